The lowest BCUT2D eigenvalue weighted by molar-refractivity contribution is -0.351. The first-order valence-corrected chi connectivity index (χ1v) is 12.0. The van der Waals surface area contributed by atoms with E-state index in [2.05, 4.69) is 33.9 Å². The van der Waals surface area contributed by atoms with E-state index >= 15 is 0 Å². The molecule has 2 saturated heterocycles. The molecule has 6 nitrogen and oxygen atoms in total. The number of ether oxygens (including phenoxy) is 3. The van der Waals surface area contributed by atoms with Crippen molar-refractivity contribution in [3.05, 3.63) is 35.9 Å². The highest BCUT2D eigenvalue weighted by Crippen LogP contribution is 2.42. The number of benzene rings is 1. The number of aliphatic hydroxyl groups is 2. The SMILES string of the molecule is CC(C)(C)[Si](C)(C)OC[C@H]1O[C@@]2(O)COC(c3ccccc3)O[C@H]2[C@@H]1O. The zero-order chi connectivity index (χ0) is 19.2. The Labute approximate surface area is 156 Å². The second-order valence-electron chi connectivity index (χ2n) is 8.67. The molecule has 0 amide bonds. The minimum atomic E-state index is -1.99. The van der Waals surface area contributed by atoms with Gasteiger partial charge in [-0.25, -0.2) is 0 Å². The van der Waals surface area contributed by atoms with Gasteiger partial charge in [-0.1, -0.05) is 51.1 Å². The third-order valence-electron chi connectivity index (χ3n) is 5.69. The Bertz CT molecular complexity index is 616. The van der Waals surface area contributed by atoms with E-state index in [0.717, 1.165) is 5.56 Å². The monoisotopic (exact) mass is 382 g/mol. The van der Waals surface area contributed by atoms with Crippen molar-refractivity contribution in [2.75, 3.05) is 13.2 Å². The minimum absolute atomic E-state index is 0.0538. The lowest BCUT2D eigenvalue weighted by Crippen LogP contribution is -2.53. The molecule has 0 spiro atoms. The van der Waals surface area contributed by atoms with Gasteiger partial charge in [0.2, 0.25) is 5.79 Å². The Morgan fingerprint density at radius 1 is 1.23 bits per heavy atom. The van der Waals surface area contributed by atoms with Gasteiger partial charge < -0.3 is 28.8 Å². The first-order chi connectivity index (χ1) is 12.0. The molecule has 2 heterocycles. The molecule has 0 aromatic heterocycles. The fourth-order valence-electron chi connectivity index (χ4n) is 2.96. The third kappa shape index (κ3) is 3.75. The highest BCUT2D eigenvalue weighted by atomic mass is 28.4. The Morgan fingerprint density at radius 2 is 1.88 bits per heavy atom. The lowest BCUT2D eigenvalue weighted by atomic mass is 10.0. The van der Waals surface area contributed by atoms with Crippen molar-refractivity contribution in [3.8, 4) is 0 Å². The summed E-state index contributed by atoms with van der Waals surface area (Å²) in [5.74, 6) is -1.66. The molecule has 0 bridgehead atoms. The third-order valence-corrected chi connectivity index (χ3v) is 10.2. The van der Waals surface area contributed by atoms with Gasteiger partial charge in [-0.2, -0.15) is 0 Å². The van der Waals surface area contributed by atoms with Crippen LogP contribution in [0.15, 0.2) is 30.3 Å². The van der Waals surface area contributed by atoms with Crippen molar-refractivity contribution in [3.63, 3.8) is 0 Å². The Hall–Kier alpha value is -0.803. The van der Waals surface area contributed by atoms with Crippen LogP contribution < -0.4 is 0 Å². The molecule has 5 atom stereocenters. The molecule has 2 aliphatic rings. The summed E-state index contributed by atoms with van der Waals surface area (Å²) in [5, 5.41) is 21.5. The Kier molecular flexibility index (Phi) is 5.35. The minimum Gasteiger partial charge on any atom is -0.414 e. The van der Waals surface area contributed by atoms with Gasteiger partial charge in [0.25, 0.3) is 0 Å². The lowest BCUT2D eigenvalue weighted by Gasteiger charge is -2.38. The molecule has 0 saturated carbocycles. The van der Waals surface area contributed by atoms with E-state index < -0.39 is 38.7 Å². The molecule has 0 aliphatic carbocycles. The first kappa shape index (κ1) is 19.9. The Morgan fingerprint density at radius 3 is 2.50 bits per heavy atom. The normalized spacial score (nSPS) is 35.3. The standard InChI is InChI=1S/C19H30O6Si/c1-18(2,3)26(4,5)23-11-14-15(20)16-19(21,25-14)12-22-17(24-16)13-9-7-6-8-10-13/h6-10,14-17,20-21H,11-12H2,1-5H3/t14-,15-,16+,17?,19+/m1/s1. The van der Waals surface area contributed by atoms with Gasteiger partial charge in [0.15, 0.2) is 14.6 Å². The number of aliphatic hydroxyl groups excluding tert-OH is 1. The highest BCUT2D eigenvalue weighted by Gasteiger charge is 2.58. The van der Waals surface area contributed by atoms with Crippen LogP contribution in [0.1, 0.15) is 32.6 Å². The quantitative estimate of drug-likeness (QED) is 0.780. The summed E-state index contributed by atoms with van der Waals surface area (Å²) in [6.45, 7) is 10.9. The predicted octanol–water partition coefficient (Wildman–Crippen LogP) is 2.57. The van der Waals surface area contributed by atoms with Gasteiger partial charge in [0, 0.05) is 5.56 Å². The van der Waals surface area contributed by atoms with E-state index in [0.29, 0.717) is 0 Å². The van der Waals surface area contributed by atoms with E-state index in [4.69, 9.17) is 18.6 Å². The van der Waals surface area contributed by atoms with Crippen LogP contribution in [0.25, 0.3) is 0 Å². The van der Waals surface area contributed by atoms with Crippen LogP contribution in [0.2, 0.25) is 18.1 Å². The Balaban J connectivity index is 1.67. The van der Waals surface area contributed by atoms with Crippen LogP contribution in [0.4, 0.5) is 0 Å². The zero-order valence-electron chi connectivity index (χ0n) is 16.1. The summed E-state index contributed by atoms with van der Waals surface area (Å²) in [7, 11) is -1.99. The molecule has 2 aliphatic heterocycles. The van der Waals surface area contributed by atoms with E-state index in [1.807, 2.05) is 30.3 Å². The maximum atomic E-state index is 10.7. The van der Waals surface area contributed by atoms with E-state index in [1.54, 1.807) is 0 Å². The molecule has 3 rings (SSSR count). The summed E-state index contributed by atoms with van der Waals surface area (Å²) >= 11 is 0. The van der Waals surface area contributed by atoms with Gasteiger partial charge >= 0.3 is 0 Å². The molecule has 1 aromatic rings. The number of hydrogen-bond donors (Lipinski definition) is 2. The second kappa shape index (κ2) is 6.98. The summed E-state index contributed by atoms with van der Waals surface area (Å²) in [5.41, 5.74) is 0.836. The molecule has 2 N–H and O–H groups in total. The molecule has 0 radical (unpaired) electrons. The van der Waals surface area contributed by atoms with Crippen LogP contribution >= 0.6 is 0 Å². The smallest absolute Gasteiger partial charge is 0.219 e. The zero-order valence-corrected chi connectivity index (χ0v) is 17.1. The fourth-order valence-corrected chi connectivity index (χ4v) is 3.97. The number of rotatable bonds is 4. The molecule has 2 fully saturated rings. The molecule has 1 aromatic carbocycles. The van der Waals surface area contributed by atoms with Crippen LogP contribution in [0.5, 0.6) is 0 Å². The summed E-state index contributed by atoms with van der Waals surface area (Å²) in [6.07, 6.45) is -3.16. The average molecular weight is 383 g/mol. The molecule has 146 valence electrons. The average Bonchev–Trinajstić information content (AvgIpc) is 2.83. The topological polar surface area (TPSA) is 77.4 Å². The molecular weight excluding hydrogens is 352 g/mol. The van der Waals surface area contributed by atoms with E-state index in [-0.39, 0.29) is 18.3 Å². The molecule has 26 heavy (non-hydrogen) atoms. The first-order valence-electron chi connectivity index (χ1n) is 9.08. The summed E-state index contributed by atoms with van der Waals surface area (Å²) < 4.78 is 23.4. The van der Waals surface area contributed by atoms with Gasteiger partial charge in [0.1, 0.15) is 24.9 Å². The van der Waals surface area contributed by atoms with E-state index in [1.165, 1.54) is 0 Å². The van der Waals surface area contributed by atoms with Crippen molar-refractivity contribution < 1.29 is 28.8 Å². The highest BCUT2D eigenvalue weighted by molar-refractivity contribution is 6.74. The van der Waals surface area contributed by atoms with Crippen LogP contribution in [-0.4, -0.2) is 55.8 Å². The predicted molar refractivity (Wildman–Crippen MR) is 99.0 cm³/mol. The van der Waals surface area contributed by atoms with Crippen LogP contribution in [0, 0.1) is 0 Å². The van der Waals surface area contributed by atoms with Crippen molar-refractivity contribution in [2.24, 2.45) is 0 Å². The molecule has 1 unspecified atom stereocenters. The molecular formula is C19H30O6Si. The van der Waals surface area contributed by atoms with Crippen molar-refractivity contribution in [1.82, 2.24) is 0 Å². The molecule has 7 heteroatoms. The van der Waals surface area contributed by atoms with Crippen LogP contribution in [-0.2, 0) is 18.6 Å². The maximum absolute atomic E-state index is 10.7. The largest absolute Gasteiger partial charge is 0.414 e. The van der Waals surface area contributed by atoms with E-state index in [9.17, 15) is 10.2 Å². The van der Waals surface area contributed by atoms with Crippen molar-refractivity contribution in [1.29, 1.82) is 0 Å². The number of fused-ring (bicyclic) bond motifs is 1. The van der Waals surface area contributed by atoms with Crippen molar-refractivity contribution in [2.45, 2.75) is 69.3 Å². The maximum Gasteiger partial charge on any atom is 0.219 e. The van der Waals surface area contributed by atoms with Gasteiger partial charge in [0.05, 0.1) is 6.61 Å². The number of hydrogen-bond acceptors (Lipinski definition) is 6. The van der Waals surface area contributed by atoms with Gasteiger partial charge in [-0.05, 0) is 18.1 Å². The summed E-state index contributed by atoms with van der Waals surface area (Å²) in [4.78, 5) is 0. The second-order valence-corrected chi connectivity index (χ2v) is 13.5. The van der Waals surface area contributed by atoms with Crippen molar-refractivity contribution >= 4 is 8.32 Å². The van der Waals surface area contributed by atoms with Crippen LogP contribution in [0.3, 0.4) is 0 Å². The van der Waals surface area contributed by atoms with Gasteiger partial charge in [-0.15, -0.1) is 0 Å². The fraction of sp³-hybridized carbons (Fsp3) is 0.684. The summed E-state index contributed by atoms with van der Waals surface area (Å²) in [6, 6.07) is 9.45. The van der Waals surface area contributed by atoms with Gasteiger partial charge in [-0.3, -0.25) is 0 Å².